The zero-order chi connectivity index (χ0) is 40.9. The van der Waals surface area contributed by atoms with Gasteiger partial charge in [-0.3, -0.25) is 0 Å². The first kappa shape index (κ1) is 36.3. The van der Waals surface area contributed by atoms with Crippen molar-refractivity contribution >= 4 is 10.9 Å². The van der Waals surface area contributed by atoms with Crippen LogP contribution in [0.4, 0.5) is 0 Å². The van der Waals surface area contributed by atoms with E-state index in [1.54, 1.807) is 0 Å². The predicted octanol–water partition coefficient (Wildman–Crippen LogP) is 15.0. The van der Waals surface area contributed by atoms with Crippen molar-refractivity contribution in [2.45, 2.75) is 19.3 Å². The summed E-state index contributed by atoms with van der Waals surface area (Å²) in [5.41, 5.74) is 19.7. The van der Waals surface area contributed by atoms with Crippen LogP contribution in [0.15, 0.2) is 212 Å². The SMILES string of the molecule is CC1(C)c2ccccc2-c2cc3c(-c4cccc(-c5nc(-c6ccccc6)cc(-c6ccccc6-c6ccccc6)n5)c4)cc(-c4cccc(-c5ccccc5)c4)nc3cc21. The second kappa shape index (κ2) is 14.8. The van der Waals surface area contributed by atoms with Crippen molar-refractivity contribution in [3.8, 4) is 89.7 Å². The molecule has 1 aliphatic carbocycles. The van der Waals surface area contributed by atoms with Crippen LogP contribution in [-0.4, -0.2) is 15.0 Å². The maximum Gasteiger partial charge on any atom is 0.160 e. The third-order valence-electron chi connectivity index (χ3n) is 12.3. The summed E-state index contributed by atoms with van der Waals surface area (Å²) in [6.45, 7) is 4.66. The molecule has 0 atom stereocenters. The van der Waals surface area contributed by atoms with E-state index in [0.29, 0.717) is 5.82 Å². The molecule has 2 heterocycles. The van der Waals surface area contributed by atoms with Gasteiger partial charge < -0.3 is 0 Å². The summed E-state index contributed by atoms with van der Waals surface area (Å²) in [6, 6.07) is 75.4. The molecule has 1 aliphatic rings. The van der Waals surface area contributed by atoms with Gasteiger partial charge in [0.25, 0.3) is 0 Å². The lowest BCUT2D eigenvalue weighted by Gasteiger charge is -2.22. The van der Waals surface area contributed by atoms with Crippen LogP contribution >= 0.6 is 0 Å². The van der Waals surface area contributed by atoms with Crippen LogP contribution < -0.4 is 0 Å². The van der Waals surface area contributed by atoms with Gasteiger partial charge in [-0.25, -0.2) is 15.0 Å². The Balaban J connectivity index is 1.11. The summed E-state index contributed by atoms with van der Waals surface area (Å²) in [5, 5.41) is 1.11. The van der Waals surface area contributed by atoms with Crippen molar-refractivity contribution in [2.75, 3.05) is 0 Å². The van der Waals surface area contributed by atoms with Crippen LogP contribution in [0.1, 0.15) is 25.0 Å². The number of aromatic nitrogens is 3. The highest BCUT2D eigenvalue weighted by Crippen LogP contribution is 2.51. The van der Waals surface area contributed by atoms with Gasteiger partial charge in [0, 0.05) is 33.1 Å². The highest BCUT2D eigenvalue weighted by molar-refractivity contribution is 6.02. The third-order valence-corrected chi connectivity index (χ3v) is 12.3. The van der Waals surface area contributed by atoms with Crippen molar-refractivity contribution in [3.63, 3.8) is 0 Å². The zero-order valence-corrected chi connectivity index (χ0v) is 34.0. The molecule has 0 saturated heterocycles. The molecule has 0 N–H and O–H groups in total. The number of fused-ring (bicyclic) bond motifs is 4. The van der Waals surface area contributed by atoms with Crippen molar-refractivity contribution < 1.29 is 0 Å². The first-order chi connectivity index (χ1) is 30.0. The summed E-state index contributed by atoms with van der Waals surface area (Å²) in [6.07, 6.45) is 0. The molecule has 0 bridgehead atoms. The van der Waals surface area contributed by atoms with Gasteiger partial charge in [-0.1, -0.05) is 190 Å². The molecule has 0 radical (unpaired) electrons. The van der Waals surface area contributed by atoms with Crippen LogP contribution in [0.3, 0.4) is 0 Å². The topological polar surface area (TPSA) is 38.7 Å². The number of benzene rings is 8. The van der Waals surface area contributed by atoms with E-state index in [4.69, 9.17) is 15.0 Å². The Morgan fingerprint density at radius 1 is 0.295 bits per heavy atom. The van der Waals surface area contributed by atoms with Crippen molar-refractivity contribution in [3.05, 3.63) is 223 Å². The smallest absolute Gasteiger partial charge is 0.160 e. The molecule has 0 fully saturated rings. The minimum Gasteiger partial charge on any atom is -0.248 e. The first-order valence-electron chi connectivity index (χ1n) is 20.9. The summed E-state index contributed by atoms with van der Waals surface area (Å²) in [5.74, 6) is 0.673. The Morgan fingerprint density at radius 2 is 0.836 bits per heavy atom. The second-order valence-electron chi connectivity index (χ2n) is 16.4. The second-order valence-corrected chi connectivity index (χ2v) is 16.4. The quantitative estimate of drug-likeness (QED) is 0.162. The van der Waals surface area contributed by atoms with Crippen molar-refractivity contribution in [2.24, 2.45) is 0 Å². The molecule has 0 unspecified atom stereocenters. The maximum atomic E-state index is 5.45. The predicted molar refractivity (Wildman–Crippen MR) is 253 cm³/mol. The van der Waals surface area contributed by atoms with E-state index in [9.17, 15) is 0 Å². The highest BCUT2D eigenvalue weighted by atomic mass is 14.9. The molecule has 2 aromatic heterocycles. The molecular formula is C58H41N3. The van der Waals surface area contributed by atoms with Gasteiger partial charge in [-0.05, 0) is 92.0 Å². The molecule has 61 heavy (non-hydrogen) atoms. The molecule has 0 amide bonds. The summed E-state index contributed by atoms with van der Waals surface area (Å²) in [7, 11) is 0. The monoisotopic (exact) mass is 779 g/mol. The average Bonchev–Trinajstić information content (AvgIpc) is 3.56. The lowest BCUT2D eigenvalue weighted by Crippen LogP contribution is -2.14. The Kier molecular flexibility index (Phi) is 8.82. The van der Waals surface area contributed by atoms with Gasteiger partial charge >= 0.3 is 0 Å². The van der Waals surface area contributed by atoms with Crippen LogP contribution in [-0.2, 0) is 5.41 Å². The van der Waals surface area contributed by atoms with Crippen molar-refractivity contribution in [1.29, 1.82) is 0 Å². The fourth-order valence-electron chi connectivity index (χ4n) is 9.17. The molecule has 0 saturated carbocycles. The normalized spacial score (nSPS) is 12.6. The minimum atomic E-state index is -0.150. The molecular weight excluding hydrogens is 739 g/mol. The Hall–Kier alpha value is -7.75. The van der Waals surface area contributed by atoms with Gasteiger partial charge in [-0.2, -0.15) is 0 Å². The number of pyridine rings is 1. The van der Waals surface area contributed by atoms with Crippen LogP contribution in [0.25, 0.3) is 101 Å². The largest absolute Gasteiger partial charge is 0.248 e. The Labute approximate surface area is 356 Å². The van der Waals surface area contributed by atoms with Gasteiger partial charge in [0.1, 0.15) is 0 Å². The summed E-state index contributed by atoms with van der Waals surface area (Å²) < 4.78 is 0. The fraction of sp³-hybridized carbons (Fsp3) is 0.0517. The Morgan fingerprint density at radius 3 is 1.59 bits per heavy atom. The Bertz CT molecular complexity index is 3260. The number of nitrogens with zero attached hydrogens (tertiary/aromatic N) is 3. The highest BCUT2D eigenvalue weighted by Gasteiger charge is 2.36. The van der Waals surface area contributed by atoms with E-state index >= 15 is 0 Å². The van der Waals surface area contributed by atoms with E-state index in [1.165, 1.54) is 27.8 Å². The number of hydrogen-bond donors (Lipinski definition) is 0. The molecule has 3 nitrogen and oxygen atoms in total. The van der Waals surface area contributed by atoms with E-state index < -0.39 is 0 Å². The van der Waals surface area contributed by atoms with Crippen molar-refractivity contribution in [1.82, 2.24) is 15.0 Å². The minimum absolute atomic E-state index is 0.150. The van der Waals surface area contributed by atoms with E-state index in [0.717, 1.165) is 78.1 Å². The van der Waals surface area contributed by atoms with Crippen LogP contribution in [0, 0.1) is 0 Å². The molecule has 3 heteroatoms. The fourth-order valence-corrected chi connectivity index (χ4v) is 9.17. The molecule has 8 aromatic carbocycles. The standard InChI is InChI=1S/C58H41N3/c1-58(2)51-31-15-14-29-46(51)49-34-50-48(35-53(59-55(50)36-52(49)58)43-26-16-24-41(32-43)38-18-6-3-7-19-38)42-25-17-27-44(33-42)57-60-54(40-22-10-5-11-23-40)37-56(61-57)47-30-13-12-28-45(47)39-20-8-4-9-21-39/h3-37H,1-2H3. The molecule has 0 aliphatic heterocycles. The van der Waals surface area contributed by atoms with Crippen LogP contribution in [0.2, 0.25) is 0 Å². The van der Waals surface area contributed by atoms with Gasteiger partial charge in [0.05, 0.1) is 22.6 Å². The summed E-state index contributed by atoms with van der Waals surface area (Å²) >= 11 is 0. The third kappa shape index (κ3) is 6.52. The molecule has 10 aromatic rings. The molecule has 11 rings (SSSR count). The summed E-state index contributed by atoms with van der Waals surface area (Å²) in [4.78, 5) is 16.1. The van der Waals surface area contributed by atoms with Gasteiger partial charge in [-0.15, -0.1) is 0 Å². The number of rotatable bonds is 7. The van der Waals surface area contributed by atoms with E-state index in [2.05, 4.69) is 220 Å². The molecule has 288 valence electrons. The van der Waals surface area contributed by atoms with E-state index in [-0.39, 0.29) is 5.41 Å². The lowest BCUT2D eigenvalue weighted by molar-refractivity contribution is 0.661. The van der Waals surface area contributed by atoms with E-state index in [1.807, 2.05) is 6.07 Å². The number of hydrogen-bond acceptors (Lipinski definition) is 3. The maximum absolute atomic E-state index is 5.45. The van der Waals surface area contributed by atoms with Gasteiger partial charge in [0.2, 0.25) is 0 Å². The van der Waals surface area contributed by atoms with Gasteiger partial charge in [0.15, 0.2) is 5.82 Å². The van der Waals surface area contributed by atoms with Crippen LogP contribution in [0.5, 0.6) is 0 Å². The average molecular weight is 780 g/mol. The first-order valence-corrected chi connectivity index (χ1v) is 20.9. The molecule has 0 spiro atoms. The zero-order valence-electron chi connectivity index (χ0n) is 34.0. The lowest BCUT2D eigenvalue weighted by atomic mass is 9.82.